The zero-order valence-electron chi connectivity index (χ0n) is 16.4. The quantitative estimate of drug-likeness (QED) is 0.759. The van der Waals surface area contributed by atoms with Gasteiger partial charge in [0.05, 0.1) is 0 Å². The Labute approximate surface area is 152 Å². The topological polar surface area (TPSA) is 75.4 Å². The lowest BCUT2D eigenvalue weighted by molar-refractivity contribution is -0.133. The predicted molar refractivity (Wildman–Crippen MR) is 102 cm³/mol. The smallest absolute Gasteiger partial charge is 0.251 e. The molecule has 25 heavy (non-hydrogen) atoms. The molecule has 0 saturated carbocycles. The number of carbonyl (C=O) groups excluding carboxylic acids is 2. The molecular weight excluding hydrogens is 314 g/mol. The minimum atomic E-state index is -0.409. The summed E-state index contributed by atoms with van der Waals surface area (Å²) in [6.07, 6.45) is 0.829. The fourth-order valence-corrected chi connectivity index (χ4v) is 2.99. The van der Waals surface area contributed by atoms with E-state index in [1.165, 1.54) is 0 Å². The maximum Gasteiger partial charge on any atom is 0.251 e. The molecule has 0 spiro atoms. The van der Waals surface area contributed by atoms with Crippen LogP contribution in [-0.2, 0) is 11.3 Å². The van der Waals surface area contributed by atoms with Crippen molar-refractivity contribution in [2.45, 2.75) is 53.1 Å². The summed E-state index contributed by atoms with van der Waals surface area (Å²) in [7, 11) is 1.79. The molecular formula is C20H33N3O2. The molecule has 0 aliphatic heterocycles. The Morgan fingerprint density at radius 2 is 1.72 bits per heavy atom. The van der Waals surface area contributed by atoms with Crippen molar-refractivity contribution in [3.05, 3.63) is 35.4 Å². The minimum absolute atomic E-state index is 0.0232. The average Bonchev–Trinajstić information content (AvgIpc) is 2.53. The Bertz CT molecular complexity index is 581. The van der Waals surface area contributed by atoms with Gasteiger partial charge in [-0.2, -0.15) is 0 Å². The minimum Gasteiger partial charge on any atom is -0.346 e. The van der Waals surface area contributed by atoms with E-state index in [2.05, 4.69) is 19.2 Å². The molecule has 0 aliphatic rings. The molecule has 1 aromatic rings. The second kappa shape index (κ2) is 8.99. The third-order valence-corrected chi connectivity index (χ3v) is 4.23. The zero-order chi connectivity index (χ0) is 19.2. The Kier molecular flexibility index (Phi) is 7.61. The van der Waals surface area contributed by atoms with E-state index in [-0.39, 0.29) is 17.7 Å². The molecule has 5 heteroatoms. The lowest BCUT2D eigenvalue weighted by Crippen LogP contribution is -2.52. The van der Waals surface area contributed by atoms with E-state index in [1.807, 2.05) is 32.9 Å². The number of nitrogens with one attached hydrogen (secondary N) is 1. The zero-order valence-corrected chi connectivity index (χ0v) is 16.4. The highest BCUT2D eigenvalue weighted by Crippen LogP contribution is 2.17. The van der Waals surface area contributed by atoms with E-state index in [1.54, 1.807) is 24.1 Å². The van der Waals surface area contributed by atoms with Crippen molar-refractivity contribution in [3.8, 4) is 0 Å². The molecule has 140 valence electrons. The van der Waals surface area contributed by atoms with E-state index >= 15 is 0 Å². The van der Waals surface area contributed by atoms with Gasteiger partial charge in [-0.3, -0.25) is 9.59 Å². The average molecular weight is 348 g/mol. The highest BCUT2D eigenvalue weighted by Gasteiger charge is 2.26. The number of hydrogen-bond donors (Lipinski definition) is 2. The normalized spacial score (nSPS) is 13.6. The third kappa shape index (κ3) is 6.50. The van der Waals surface area contributed by atoms with Gasteiger partial charge in [-0.15, -0.1) is 0 Å². The maximum absolute atomic E-state index is 12.5. The number of hydrogen-bond acceptors (Lipinski definition) is 3. The summed E-state index contributed by atoms with van der Waals surface area (Å²) in [5.74, 6) is 0.413. The van der Waals surface area contributed by atoms with Crippen molar-refractivity contribution in [2.24, 2.45) is 17.6 Å². The van der Waals surface area contributed by atoms with Crippen molar-refractivity contribution in [3.63, 3.8) is 0 Å². The van der Waals surface area contributed by atoms with Crippen LogP contribution in [0.25, 0.3) is 0 Å². The van der Waals surface area contributed by atoms with Crippen LogP contribution in [0.4, 0.5) is 0 Å². The molecule has 1 aromatic carbocycles. The van der Waals surface area contributed by atoms with Crippen LogP contribution in [0.15, 0.2) is 24.3 Å². The van der Waals surface area contributed by atoms with E-state index in [0.29, 0.717) is 24.6 Å². The van der Waals surface area contributed by atoms with Crippen LogP contribution in [0.2, 0.25) is 0 Å². The molecule has 1 atom stereocenters. The van der Waals surface area contributed by atoms with E-state index < -0.39 is 5.54 Å². The van der Waals surface area contributed by atoms with Gasteiger partial charge in [0, 0.05) is 37.2 Å². The lowest BCUT2D eigenvalue weighted by Gasteiger charge is -2.31. The van der Waals surface area contributed by atoms with E-state index in [0.717, 1.165) is 12.0 Å². The number of benzene rings is 1. The van der Waals surface area contributed by atoms with Gasteiger partial charge in [0.15, 0.2) is 0 Å². The summed E-state index contributed by atoms with van der Waals surface area (Å²) in [4.78, 5) is 26.2. The first-order valence-electron chi connectivity index (χ1n) is 8.94. The number of amides is 2. The van der Waals surface area contributed by atoms with E-state index in [9.17, 15) is 9.59 Å². The Morgan fingerprint density at radius 1 is 1.16 bits per heavy atom. The summed E-state index contributed by atoms with van der Waals surface area (Å²) in [6.45, 7) is 10.9. The number of nitrogens with two attached hydrogens (primary N) is 1. The van der Waals surface area contributed by atoms with Crippen molar-refractivity contribution >= 4 is 11.8 Å². The third-order valence-electron chi connectivity index (χ3n) is 4.23. The molecule has 3 N–H and O–H groups in total. The molecule has 0 saturated heterocycles. The van der Waals surface area contributed by atoms with Gasteiger partial charge in [-0.25, -0.2) is 0 Å². The first-order chi connectivity index (χ1) is 11.6. The van der Waals surface area contributed by atoms with Crippen LogP contribution in [-0.4, -0.2) is 35.8 Å². The van der Waals surface area contributed by atoms with Gasteiger partial charge in [0.1, 0.15) is 0 Å². The van der Waals surface area contributed by atoms with Gasteiger partial charge in [0.2, 0.25) is 5.91 Å². The van der Waals surface area contributed by atoms with Crippen LogP contribution in [0.1, 0.15) is 57.0 Å². The molecule has 2 amide bonds. The second-order valence-corrected chi connectivity index (χ2v) is 7.86. The Morgan fingerprint density at radius 3 is 2.16 bits per heavy atom. The SMILES string of the molecule is CC(C)CC(C)(CN)NC(=O)c1ccc(CN(C)C(=O)C(C)C)cc1. The van der Waals surface area contributed by atoms with Gasteiger partial charge in [-0.1, -0.05) is 39.8 Å². The summed E-state index contributed by atoms with van der Waals surface area (Å²) >= 11 is 0. The molecule has 0 aromatic heterocycles. The highest BCUT2D eigenvalue weighted by molar-refractivity contribution is 5.94. The Hall–Kier alpha value is -1.88. The predicted octanol–water partition coefficient (Wildman–Crippen LogP) is 2.79. The van der Waals surface area contributed by atoms with Crippen molar-refractivity contribution in [2.75, 3.05) is 13.6 Å². The molecule has 1 rings (SSSR count). The summed E-state index contributed by atoms with van der Waals surface area (Å²) in [5.41, 5.74) is 7.05. The molecule has 0 heterocycles. The summed E-state index contributed by atoms with van der Waals surface area (Å²) in [5, 5.41) is 3.06. The second-order valence-electron chi connectivity index (χ2n) is 7.86. The summed E-state index contributed by atoms with van der Waals surface area (Å²) in [6, 6.07) is 7.37. The first kappa shape index (κ1) is 21.2. The van der Waals surface area contributed by atoms with Crippen molar-refractivity contribution in [1.29, 1.82) is 0 Å². The van der Waals surface area contributed by atoms with Crippen LogP contribution < -0.4 is 11.1 Å². The van der Waals surface area contributed by atoms with Gasteiger partial charge in [0.25, 0.3) is 5.91 Å². The lowest BCUT2D eigenvalue weighted by atomic mass is 9.90. The largest absolute Gasteiger partial charge is 0.346 e. The van der Waals surface area contributed by atoms with Gasteiger partial charge in [-0.05, 0) is 37.0 Å². The standard InChI is InChI=1S/C20H33N3O2/c1-14(2)11-20(5,13-21)22-18(24)17-9-7-16(8-10-17)12-23(6)19(25)15(3)4/h7-10,14-15H,11-13,21H2,1-6H3,(H,22,24). The fourth-order valence-electron chi connectivity index (χ4n) is 2.99. The van der Waals surface area contributed by atoms with Crippen molar-refractivity contribution < 1.29 is 9.59 Å². The van der Waals surface area contributed by atoms with Crippen LogP contribution in [0, 0.1) is 11.8 Å². The highest BCUT2D eigenvalue weighted by atomic mass is 16.2. The van der Waals surface area contributed by atoms with Crippen molar-refractivity contribution in [1.82, 2.24) is 10.2 Å². The number of carbonyl (C=O) groups is 2. The Balaban J connectivity index is 2.75. The van der Waals surface area contributed by atoms with Gasteiger partial charge < -0.3 is 16.0 Å². The first-order valence-corrected chi connectivity index (χ1v) is 8.94. The molecule has 0 aliphatic carbocycles. The van der Waals surface area contributed by atoms with E-state index in [4.69, 9.17) is 5.73 Å². The fraction of sp³-hybridized carbons (Fsp3) is 0.600. The summed E-state index contributed by atoms with van der Waals surface area (Å²) < 4.78 is 0. The number of nitrogens with zero attached hydrogens (tertiary/aromatic N) is 1. The van der Waals surface area contributed by atoms with Gasteiger partial charge >= 0.3 is 0 Å². The maximum atomic E-state index is 12.5. The van der Waals surface area contributed by atoms with Crippen LogP contribution in [0.5, 0.6) is 0 Å². The monoisotopic (exact) mass is 347 g/mol. The molecule has 0 bridgehead atoms. The molecule has 0 radical (unpaired) electrons. The molecule has 1 unspecified atom stereocenters. The molecule has 5 nitrogen and oxygen atoms in total. The van der Waals surface area contributed by atoms with Crippen LogP contribution in [0.3, 0.4) is 0 Å². The number of rotatable bonds is 8. The van der Waals surface area contributed by atoms with Crippen LogP contribution >= 0.6 is 0 Å². The molecule has 0 fully saturated rings.